The van der Waals surface area contributed by atoms with Crippen LogP contribution in [-0.2, 0) is 6.42 Å². The molecule has 0 fully saturated rings. The minimum absolute atomic E-state index is 0.816. The topological polar surface area (TPSA) is 22.1 Å². The number of rotatable bonds is 0. The van der Waals surface area contributed by atoms with Gasteiger partial charge in [0.15, 0.2) is 0 Å². The fourth-order valence-electron chi connectivity index (χ4n) is 1.82. The predicted octanol–water partition coefficient (Wildman–Crippen LogP) is 2.17. The molecule has 3 rings (SSSR count). The summed E-state index contributed by atoms with van der Waals surface area (Å²) < 4.78 is 5.58. The van der Waals surface area contributed by atoms with Crippen molar-refractivity contribution in [2.24, 2.45) is 0 Å². The van der Waals surface area contributed by atoms with E-state index in [1.165, 1.54) is 10.9 Å². The van der Waals surface area contributed by atoms with Gasteiger partial charge in [-0.3, -0.25) is 4.98 Å². The van der Waals surface area contributed by atoms with Crippen LogP contribution in [0.3, 0.4) is 0 Å². The Kier molecular flexibility index (Phi) is 1.30. The molecule has 1 aromatic heterocycles. The molecule has 2 heterocycles. The summed E-state index contributed by atoms with van der Waals surface area (Å²) in [6, 6.07) is 6.25. The van der Waals surface area contributed by atoms with Crippen molar-refractivity contribution in [3.8, 4) is 5.75 Å². The molecule has 64 valence electrons. The molecule has 0 unspecified atom stereocenters. The van der Waals surface area contributed by atoms with Gasteiger partial charge >= 0.3 is 0 Å². The van der Waals surface area contributed by atoms with E-state index in [4.69, 9.17) is 4.74 Å². The highest BCUT2D eigenvalue weighted by Crippen LogP contribution is 2.33. The molecule has 0 atom stereocenters. The normalized spacial score (nSPS) is 14.2. The summed E-state index contributed by atoms with van der Waals surface area (Å²) in [7, 11) is 0. The maximum absolute atomic E-state index is 5.58. The first-order valence-electron chi connectivity index (χ1n) is 4.43. The number of fused-ring (bicyclic) bond motifs is 3. The average Bonchev–Trinajstić information content (AvgIpc) is 2.65. The number of pyridine rings is 1. The molecule has 2 aromatic rings. The second kappa shape index (κ2) is 2.46. The molecule has 1 aromatic carbocycles. The van der Waals surface area contributed by atoms with Crippen LogP contribution in [0.4, 0.5) is 0 Å². The Labute approximate surface area is 76.2 Å². The van der Waals surface area contributed by atoms with Gasteiger partial charge in [-0.05, 0) is 11.6 Å². The minimum atomic E-state index is 0.816. The van der Waals surface area contributed by atoms with Gasteiger partial charge in [-0.15, -0.1) is 0 Å². The van der Waals surface area contributed by atoms with Gasteiger partial charge in [-0.2, -0.15) is 0 Å². The van der Waals surface area contributed by atoms with Crippen LogP contribution in [0.15, 0.2) is 30.6 Å². The first-order chi connectivity index (χ1) is 6.45. The lowest BCUT2D eigenvalue weighted by molar-refractivity contribution is 0.360. The summed E-state index contributed by atoms with van der Waals surface area (Å²) in [5.74, 6) is 1.06. The van der Waals surface area contributed by atoms with E-state index in [0.29, 0.717) is 0 Å². The molecule has 0 bridgehead atoms. The molecule has 0 aliphatic carbocycles. The maximum atomic E-state index is 5.58. The lowest BCUT2D eigenvalue weighted by atomic mass is 10.1. The molecule has 0 N–H and O–H groups in total. The number of nitrogens with zero attached hydrogens (tertiary/aromatic N) is 1. The van der Waals surface area contributed by atoms with Crippen molar-refractivity contribution in [2.75, 3.05) is 6.61 Å². The SMILES string of the molecule is c1cc2c3c(ccc2cn1)CCO3. The molecular weight excluding hydrogens is 162 g/mol. The fourth-order valence-corrected chi connectivity index (χ4v) is 1.82. The van der Waals surface area contributed by atoms with Gasteiger partial charge in [0.05, 0.1) is 6.61 Å². The first kappa shape index (κ1) is 6.89. The average molecular weight is 171 g/mol. The van der Waals surface area contributed by atoms with Gasteiger partial charge < -0.3 is 4.74 Å². The summed E-state index contributed by atoms with van der Waals surface area (Å²) in [5, 5.41) is 2.34. The molecule has 0 amide bonds. The summed E-state index contributed by atoms with van der Waals surface area (Å²) in [6.07, 6.45) is 4.72. The summed E-state index contributed by atoms with van der Waals surface area (Å²) in [4.78, 5) is 4.08. The first-order valence-corrected chi connectivity index (χ1v) is 4.43. The number of hydrogen-bond donors (Lipinski definition) is 0. The van der Waals surface area contributed by atoms with E-state index < -0.39 is 0 Å². The summed E-state index contributed by atoms with van der Waals surface area (Å²) >= 11 is 0. The largest absolute Gasteiger partial charge is 0.492 e. The van der Waals surface area contributed by atoms with Crippen molar-refractivity contribution in [1.82, 2.24) is 4.98 Å². The molecule has 0 saturated heterocycles. The van der Waals surface area contributed by atoms with Crippen LogP contribution in [0.1, 0.15) is 5.56 Å². The maximum Gasteiger partial charge on any atom is 0.130 e. The zero-order valence-corrected chi connectivity index (χ0v) is 7.16. The van der Waals surface area contributed by atoms with Crippen molar-refractivity contribution >= 4 is 10.8 Å². The van der Waals surface area contributed by atoms with Gasteiger partial charge in [0.1, 0.15) is 5.75 Å². The highest BCUT2D eigenvalue weighted by molar-refractivity contribution is 5.89. The van der Waals surface area contributed by atoms with Crippen molar-refractivity contribution in [3.63, 3.8) is 0 Å². The third-order valence-corrected chi connectivity index (χ3v) is 2.47. The lowest BCUT2D eigenvalue weighted by Gasteiger charge is -2.03. The lowest BCUT2D eigenvalue weighted by Crippen LogP contribution is -1.87. The smallest absolute Gasteiger partial charge is 0.130 e. The van der Waals surface area contributed by atoms with E-state index in [0.717, 1.165) is 24.2 Å². The Morgan fingerprint density at radius 1 is 1.23 bits per heavy atom. The second-order valence-electron chi connectivity index (χ2n) is 3.25. The van der Waals surface area contributed by atoms with E-state index in [1.54, 1.807) is 0 Å². The Balaban J connectivity index is 2.43. The predicted molar refractivity (Wildman–Crippen MR) is 50.9 cm³/mol. The number of hydrogen-bond acceptors (Lipinski definition) is 2. The molecule has 0 saturated carbocycles. The van der Waals surface area contributed by atoms with E-state index in [2.05, 4.69) is 17.1 Å². The summed E-state index contributed by atoms with van der Waals surface area (Å²) in [5.41, 5.74) is 1.32. The Bertz CT molecular complexity index is 465. The van der Waals surface area contributed by atoms with Crippen molar-refractivity contribution in [3.05, 3.63) is 36.2 Å². The molecule has 2 nitrogen and oxygen atoms in total. The molecule has 0 spiro atoms. The van der Waals surface area contributed by atoms with Gasteiger partial charge in [-0.1, -0.05) is 12.1 Å². The van der Waals surface area contributed by atoms with Crippen molar-refractivity contribution in [1.29, 1.82) is 0 Å². The van der Waals surface area contributed by atoms with E-state index >= 15 is 0 Å². The van der Waals surface area contributed by atoms with Crippen LogP contribution in [0.2, 0.25) is 0 Å². The minimum Gasteiger partial charge on any atom is -0.492 e. The van der Waals surface area contributed by atoms with E-state index in [9.17, 15) is 0 Å². The van der Waals surface area contributed by atoms with E-state index in [-0.39, 0.29) is 0 Å². The van der Waals surface area contributed by atoms with Gasteiger partial charge in [-0.25, -0.2) is 0 Å². The zero-order valence-electron chi connectivity index (χ0n) is 7.16. The van der Waals surface area contributed by atoms with Crippen molar-refractivity contribution in [2.45, 2.75) is 6.42 Å². The monoisotopic (exact) mass is 171 g/mol. The van der Waals surface area contributed by atoms with Crippen LogP contribution in [-0.4, -0.2) is 11.6 Å². The quantitative estimate of drug-likeness (QED) is 0.606. The highest BCUT2D eigenvalue weighted by atomic mass is 16.5. The van der Waals surface area contributed by atoms with Crippen LogP contribution >= 0.6 is 0 Å². The van der Waals surface area contributed by atoms with Crippen molar-refractivity contribution < 1.29 is 4.74 Å². The van der Waals surface area contributed by atoms with Crippen LogP contribution in [0.25, 0.3) is 10.8 Å². The Morgan fingerprint density at radius 3 is 3.23 bits per heavy atom. The molecule has 0 radical (unpaired) electrons. The van der Waals surface area contributed by atoms with Crippen LogP contribution in [0, 0.1) is 0 Å². The highest BCUT2D eigenvalue weighted by Gasteiger charge is 2.14. The van der Waals surface area contributed by atoms with Crippen LogP contribution in [0.5, 0.6) is 5.75 Å². The number of ether oxygens (including phenoxy) is 1. The Morgan fingerprint density at radius 2 is 2.23 bits per heavy atom. The van der Waals surface area contributed by atoms with Gasteiger partial charge in [0.2, 0.25) is 0 Å². The summed E-state index contributed by atoms with van der Waals surface area (Å²) in [6.45, 7) is 0.816. The Hall–Kier alpha value is -1.57. The van der Waals surface area contributed by atoms with Gasteiger partial charge in [0.25, 0.3) is 0 Å². The molecule has 1 aliphatic rings. The number of aromatic nitrogens is 1. The van der Waals surface area contributed by atoms with Gasteiger partial charge in [0, 0.05) is 29.6 Å². The molecule has 1 aliphatic heterocycles. The standard InChI is InChI=1S/C11H9NO/c1-2-9-7-12-5-3-10(9)11-8(1)4-6-13-11/h1-3,5,7H,4,6H2. The number of benzene rings is 1. The third kappa shape index (κ3) is 0.917. The molecular formula is C11H9NO. The van der Waals surface area contributed by atoms with Crippen LogP contribution < -0.4 is 4.74 Å². The molecule has 13 heavy (non-hydrogen) atoms. The fraction of sp³-hybridized carbons (Fsp3) is 0.182. The third-order valence-electron chi connectivity index (χ3n) is 2.47. The second-order valence-corrected chi connectivity index (χ2v) is 3.25. The molecule has 2 heteroatoms. The zero-order chi connectivity index (χ0) is 8.67. The van der Waals surface area contributed by atoms with E-state index in [1.807, 2.05) is 18.5 Å².